The number of aromatic nitrogens is 2. The molecule has 1 aromatic rings. The van der Waals surface area contributed by atoms with Gasteiger partial charge in [-0.1, -0.05) is 6.92 Å². The molecule has 1 N–H and O–H groups in total. The van der Waals surface area contributed by atoms with Gasteiger partial charge < -0.3 is 10.2 Å². The van der Waals surface area contributed by atoms with Crippen molar-refractivity contribution in [2.45, 2.75) is 31.8 Å². The summed E-state index contributed by atoms with van der Waals surface area (Å²) >= 11 is 0. The molecule has 16 heavy (non-hydrogen) atoms. The summed E-state index contributed by atoms with van der Waals surface area (Å²) in [5.41, 5.74) is 1.33. The summed E-state index contributed by atoms with van der Waals surface area (Å²) in [6.45, 7) is 4.50. The topological polar surface area (TPSA) is 33.1 Å². The van der Waals surface area contributed by atoms with Crippen molar-refractivity contribution >= 4 is 0 Å². The van der Waals surface area contributed by atoms with E-state index in [1.165, 1.54) is 5.56 Å². The van der Waals surface area contributed by atoms with Crippen LogP contribution >= 0.6 is 0 Å². The first kappa shape index (κ1) is 13.2. The van der Waals surface area contributed by atoms with Gasteiger partial charge in [-0.05, 0) is 34.5 Å². The monoisotopic (exact) mass is 224 g/mol. The molecule has 2 atom stereocenters. The highest BCUT2D eigenvalue weighted by molar-refractivity contribution is 5.16. The lowest BCUT2D eigenvalue weighted by Crippen LogP contribution is -2.50. The fourth-order valence-electron chi connectivity index (χ4n) is 2.20. The quantitative estimate of drug-likeness (QED) is 0.821. The predicted molar refractivity (Wildman–Crippen MR) is 67.4 cm³/mol. The maximum atomic E-state index is 4.25. The normalized spacial score (nSPS) is 17.4. The van der Waals surface area contributed by atoms with Crippen LogP contribution < -0.4 is 5.32 Å². The standard InChI is InChI=1S/C12H24N4/c1-7-12(2,15(4)5)11(13-3)10-8-14-16(6)9-10/h8-9,11,13H,7H2,1-6H3. The highest BCUT2D eigenvalue weighted by Gasteiger charge is 2.35. The molecule has 0 aliphatic carbocycles. The Kier molecular flexibility index (Phi) is 4.10. The molecule has 0 radical (unpaired) electrons. The third-order valence-corrected chi connectivity index (χ3v) is 3.71. The van der Waals surface area contributed by atoms with Crippen LogP contribution in [0.3, 0.4) is 0 Å². The third kappa shape index (κ3) is 2.28. The fraction of sp³-hybridized carbons (Fsp3) is 0.750. The van der Waals surface area contributed by atoms with Gasteiger partial charge in [0.1, 0.15) is 0 Å². The molecule has 4 heteroatoms. The molecule has 0 saturated carbocycles. The van der Waals surface area contributed by atoms with Gasteiger partial charge in [-0.3, -0.25) is 4.68 Å². The second-order valence-corrected chi connectivity index (χ2v) is 4.77. The molecule has 0 saturated heterocycles. The van der Waals surface area contributed by atoms with Crippen LogP contribution in [0.4, 0.5) is 0 Å². The molecule has 1 heterocycles. The SMILES string of the molecule is CCC(C)(C(NC)c1cnn(C)c1)N(C)C. The molecule has 0 aliphatic rings. The van der Waals surface area contributed by atoms with Crippen LogP contribution in [0.2, 0.25) is 0 Å². The minimum Gasteiger partial charge on any atom is -0.311 e. The molecule has 0 bridgehead atoms. The van der Waals surface area contributed by atoms with Crippen molar-refractivity contribution in [1.82, 2.24) is 20.0 Å². The van der Waals surface area contributed by atoms with Gasteiger partial charge in [-0.25, -0.2) is 0 Å². The molecule has 92 valence electrons. The smallest absolute Gasteiger partial charge is 0.0538 e. The number of nitrogens with zero attached hydrogens (tertiary/aromatic N) is 3. The average Bonchev–Trinajstić information content (AvgIpc) is 2.65. The molecule has 0 aromatic carbocycles. The van der Waals surface area contributed by atoms with Crippen LogP contribution in [0, 0.1) is 0 Å². The van der Waals surface area contributed by atoms with Crippen molar-refractivity contribution in [3.63, 3.8) is 0 Å². The summed E-state index contributed by atoms with van der Waals surface area (Å²) in [5.74, 6) is 0. The van der Waals surface area contributed by atoms with Crippen molar-refractivity contribution in [2.24, 2.45) is 7.05 Å². The second-order valence-electron chi connectivity index (χ2n) is 4.77. The number of hydrogen-bond donors (Lipinski definition) is 1. The van der Waals surface area contributed by atoms with Crippen LogP contribution in [-0.2, 0) is 7.05 Å². The van der Waals surface area contributed by atoms with Gasteiger partial charge in [0.2, 0.25) is 0 Å². The van der Waals surface area contributed by atoms with E-state index in [4.69, 9.17) is 0 Å². The maximum Gasteiger partial charge on any atom is 0.0538 e. The third-order valence-electron chi connectivity index (χ3n) is 3.71. The predicted octanol–water partition coefficient (Wildman–Crippen LogP) is 1.41. The Hall–Kier alpha value is -0.870. The van der Waals surface area contributed by atoms with Gasteiger partial charge >= 0.3 is 0 Å². The van der Waals surface area contributed by atoms with Crippen LogP contribution in [-0.4, -0.2) is 41.4 Å². The minimum absolute atomic E-state index is 0.0950. The van der Waals surface area contributed by atoms with Crippen LogP contribution in [0.5, 0.6) is 0 Å². The Morgan fingerprint density at radius 3 is 2.50 bits per heavy atom. The molecule has 1 aromatic heterocycles. The Bertz CT molecular complexity index is 332. The summed E-state index contributed by atoms with van der Waals surface area (Å²) in [6.07, 6.45) is 5.11. The lowest BCUT2D eigenvalue weighted by atomic mass is 9.85. The second kappa shape index (κ2) is 4.97. The Morgan fingerprint density at radius 2 is 2.19 bits per heavy atom. The van der Waals surface area contributed by atoms with Crippen molar-refractivity contribution < 1.29 is 0 Å². The summed E-state index contributed by atoms with van der Waals surface area (Å²) in [7, 11) is 8.22. The van der Waals surface area contributed by atoms with Crippen molar-refractivity contribution in [3.05, 3.63) is 18.0 Å². The Morgan fingerprint density at radius 1 is 1.56 bits per heavy atom. The first-order valence-electron chi connectivity index (χ1n) is 5.79. The molecular weight excluding hydrogens is 200 g/mol. The van der Waals surface area contributed by atoms with Crippen molar-refractivity contribution in [1.29, 1.82) is 0 Å². The van der Waals surface area contributed by atoms with Gasteiger partial charge in [0, 0.05) is 24.3 Å². The summed E-state index contributed by atoms with van der Waals surface area (Å²) in [6, 6.07) is 0.293. The van der Waals surface area contributed by atoms with E-state index < -0.39 is 0 Å². The number of aryl methyl sites for hydroxylation is 1. The zero-order chi connectivity index (χ0) is 12.3. The molecule has 0 amide bonds. The molecule has 0 aliphatic heterocycles. The summed E-state index contributed by atoms with van der Waals surface area (Å²) < 4.78 is 1.85. The first-order valence-corrected chi connectivity index (χ1v) is 5.79. The maximum absolute atomic E-state index is 4.25. The number of likely N-dealkylation sites (N-methyl/N-ethyl adjacent to an activating group) is 2. The number of nitrogens with one attached hydrogen (secondary N) is 1. The average molecular weight is 224 g/mol. The van der Waals surface area contributed by atoms with Crippen LogP contribution in [0.15, 0.2) is 12.4 Å². The van der Waals surface area contributed by atoms with Crippen molar-refractivity contribution in [3.8, 4) is 0 Å². The number of rotatable bonds is 5. The molecule has 1 rings (SSSR count). The van der Waals surface area contributed by atoms with E-state index in [9.17, 15) is 0 Å². The summed E-state index contributed by atoms with van der Waals surface area (Å²) in [5, 5.41) is 7.66. The van der Waals surface area contributed by atoms with E-state index in [2.05, 4.69) is 49.5 Å². The van der Waals surface area contributed by atoms with Gasteiger partial charge in [0.25, 0.3) is 0 Å². The van der Waals surface area contributed by atoms with E-state index in [0.717, 1.165) is 6.42 Å². The Labute approximate surface area is 98.6 Å². The van der Waals surface area contributed by atoms with Gasteiger partial charge in [0.05, 0.1) is 12.2 Å². The lowest BCUT2D eigenvalue weighted by molar-refractivity contribution is 0.117. The van der Waals surface area contributed by atoms with Crippen molar-refractivity contribution in [2.75, 3.05) is 21.1 Å². The van der Waals surface area contributed by atoms with E-state index in [1.807, 2.05) is 25.0 Å². The van der Waals surface area contributed by atoms with Crippen LogP contribution in [0.1, 0.15) is 31.9 Å². The first-order chi connectivity index (χ1) is 7.45. The molecular formula is C12H24N4. The largest absolute Gasteiger partial charge is 0.311 e. The zero-order valence-electron chi connectivity index (χ0n) is 11.3. The molecule has 4 nitrogen and oxygen atoms in total. The minimum atomic E-state index is 0.0950. The van der Waals surface area contributed by atoms with Crippen LogP contribution in [0.25, 0.3) is 0 Å². The van der Waals surface area contributed by atoms with E-state index in [0.29, 0.717) is 6.04 Å². The highest BCUT2D eigenvalue weighted by Crippen LogP contribution is 2.31. The molecule has 0 spiro atoms. The molecule has 2 unspecified atom stereocenters. The molecule has 0 fully saturated rings. The summed E-state index contributed by atoms with van der Waals surface area (Å²) in [4.78, 5) is 2.28. The van der Waals surface area contributed by atoms with E-state index in [1.54, 1.807) is 0 Å². The van der Waals surface area contributed by atoms with E-state index >= 15 is 0 Å². The fourth-order valence-corrected chi connectivity index (χ4v) is 2.20. The van der Waals surface area contributed by atoms with E-state index in [-0.39, 0.29) is 5.54 Å². The zero-order valence-corrected chi connectivity index (χ0v) is 11.3. The number of hydrogen-bond acceptors (Lipinski definition) is 3. The highest BCUT2D eigenvalue weighted by atomic mass is 15.2. The van der Waals surface area contributed by atoms with Gasteiger partial charge in [-0.15, -0.1) is 0 Å². The Balaban J connectivity index is 3.05. The van der Waals surface area contributed by atoms with Gasteiger partial charge in [0.15, 0.2) is 0 Å². The lowest BCUT2D eigenvalue weighted by Gasteiger charge is -2.42. The van der Waals surface area contributed by atoms with Gasteiger partial charge in [-0.2, -0.15) is 5.10 Å².